The Morgan fingerprint density at radius 1 is 0.773 bits per heavy atom. The predicted octanol–water partition coefficient (Wildman–Crippen LogP) is -4.59. The lowest BCUT2D eigenvalue weighted by atomic mass is 10.0. The number of aliphatic hydroxyl groups is 6. The second-order valence-corrected chi connectivity index (χ2v) is 3.97. The molecule has 0 aromatic rings. The Kier molecular flexibility index (Phi) is 11.1. The van der Waals surface area contributed by atoms with Crippen LogP contribution in [0.25, 0.3) is 0 Å². The minimum atomic E-state index is -2.20. The average Bonchev–Trinajstić information content (AvgIpc) is 2.43. The maximum Gasteiger partial charge on any atom is 0.335 e. The van der Waals surface area contributed by atoms with Crippen molar-refractivity contribution in [3.63, 3.8) is 0 Å². The highest BCUT2D eigenvalue weighted by atomic mass is 16.4. The number of carboxylic acids is 3. The Hall–Kier alpha value is -1.83. The van der Waals surface area contributed by atoms with Gasteiger partial charge in [-0.15, -0.1) is 0 Å². The lowest BCUT2D eigenvalue weighted by Gasteiger charge is -2.23. The third-order valence-electron chi connectivity index (χ3n) is 2.16. The first-order valence-electron chi connectivity index (χ1n) is 5.64. The van der Waals surface area contributed by atoms with E-state index in [0.29, 0.717) is 0 Å². The number of hydrogen-bond acceptors (Lipinski definition) is 9. The number of carbonyl (C=O) groups is 3. The molecule has 12 nitrogen and oxygen atoms in total. The van der Waals surface area contributed by atoms with Crippen molar-refractivity contribution in [2.24, 2.45) is 0 Å². The Labute approximate surface area is 123 Å². The molecule has 0 amide bonds. The molecule has 0 saturated carbocycles. The van der Waals surface area contributed by atoms with E-state index in [9.17, 15) is 14.4 Å². The minimum Gasteiger partial charge on any atom is -0.481 e. The molecule has 0 aliphatic carbocycles. The number of hydrogen-bond donors (Lipinski definition) is 9. The van der Waals surface area contributed by atoms with Crippen molar-refractivity contribution in [1.29, 1.82) is 0 Å². The molecule has 0 rings (SSSR count). The minimum absolute atomic E-state index is 0.755. The third-order valence-corrected chi connectivity index (χ3v) is 2.16. The fourth-order valence-electron chi connectivity index (χ4n) is 0.921. The zero-order chi connectivity index (χ0) is 18.0. The van der Waals surface area contributed by atoms with Crippen molar-refractivity contribution < 1.29 is 60.3 Å². The fourth-order valence-corrected chi connectivity index (χ4v) is 0.921. The van der Waals surface area contributed by atoms with Crippen LogP contribution in [0.1, 0.15) is 6.42 Å². The molecule has 0 fully saturated rings. The molecule has 0 aliphatic rings. The zero-order valence-corrected chi connectivity index (χ0v) is 11.1. The molecule has 9 N–H and O–H groups in total. The van der Waals surface area contributed by atoms with Crippen LogP contribution in [0.2, 0.25) is 0 Å². The summed E-state index contributed by atoms with van der Waals surface area (Å²) in [5.41, 5.74) is 0. The molecule has 0 aliphatic heterocycles. The van der Waals surface area contributed by atoms with Crippen LogP contribution in [0.4, 0.5) is 0 Å². The van der Waals surface area contributed by atoms with E-state index >= 15 is 0 Å². The van der Waals surface area contributed by atoms with Gasteiger partial charge in [0, 0.05) is 0 Å². The third kappa shape index (κ3) is 9.17. The van der Waals surface area contributed by atoms with E-state index in [4.69, 9.17) is 46.0 Å². The first-order valence-corrected chi connectivity index (χ1v) is 5.64. The van der Waals surface area contributed by atoms with Gasteiger partial charge in [-0.05, 0) is 0 Å². The lowest BCUT2D eigenvalue weighted by Crippen LogP contribution is -2.48. The number of aliphatic hydroxyl groups excluding tert-OH is 6. The quantitative estimate of drug-likeness (QED) is 0.204. The van der Waals surface area contributed by atoms with Gasteiger partial charge in [0.15, 0.2) is 12.2 Å². The molecule has 12 heteroatoms. The average molecular weight is 330 g/mol. The molecule has 130 valence electrons. The van der Waals surface area contributed by atoms with Crippen LogP contribution < -0.4 is 0 Å². The molecular weight excluding hydrogens is 312 g/mol. The molecule has 5 unspecified atom stereocenters. The molecule has 0 bridgehead atoms. The number of carboxylic acid groups (broad SMARTS) is 3. The maximum absolute atomic E-state index is 10.1. The van der Waals surface area contributed by atoms with Gasteiger partial charge in [-0.3, -0.25) is 4.79 Å². The summed E-state index contributed by atoms with van der Waals surface area (Å²) in [7, 11) is 0. The van der Waals surface area contributed by atoms with E-state index in [0.717, 1.165) is 0 Å². The summed E-state index contributed by atoms with van der Waals surface area (Å²) in [5, 5.41) is 76.0. The van der Waals surface area contributed by atoms with Crippen LogP contribution in [0.5, 0.6) is 0 Å². The molecule has 0 radical (unpaired) electrons. The standard InChI is InChI=1S/C6H12O7.C4H6O5/c7-1-2(8)3(9)4(10)5(11)6(12)13;5-2(4(8)9)1-3(6)7/h2-5,7-11H,1H2,(H,12,13);2,5H,1H2,(H,6,7)(H,8,9). The smallest absolute Gasteiger partial charge is 0.335 e. The van der Waals surface area contributed by atoms with Crippen molar-refractivity contribution in [3.05, 3.63) is 0 Å². The largest absolute Gasteiger partial charge is 0.481 e. The van der Waals surface area contributed by atoms with Gasteiger partial charge in [0.2, 0.25) is 0 Å². The first-order chi connectivity index (χ1) is 9.95. The van der Waals surface area contributed by atoms with E-state index < -0.39 is 61.5 Å². The highest BCUT2D eigenvalue weighted by Gasteiger charge is 2.33. The molecule has 0 aromatic carbocycles. The van der Waals surface area contributed by atoms with Crippen LogP contribution in [-0.2, 0) is 14.4 Å². The Balaban J connectivity index is 0. The van der Waals surface area contributed by atoms with Gasteiger partial charge >= 0.3 is 17.9 Å². The molecule has 0 spiro atoms. The van der Waals surface area contributed by atoms with Crippen molar-refractivity contribution in [2.75, 3.05) is 6.61 Å². The molecular formula is C10H18O12. The number of rotatable bonds is 8. The molecule has 0 saturated heterocycles. The topological polar surface area (TPSA) is 233 Å². The van der Waals surface area contributed by atoms with E-state index in [1.165, 1.54) is 0 Å². The summed E-state index contributed by atoms with van der Waals surface area (Å²) >= 11 is 0. The summed E-state index contributed by atoms with van der Waals surface area (Å²) in [6, 6.07) is 0. The molecule has 0 heterocycles. The summed E-state index contributed by atoms with van der Waals surface area (Å²) in [6.45, 7) is -0.843. The molecule has 22 heavy (non-hydrogen) atoms. The monoisotopic (exact) mass is 330 g/mol. The summed E-state index contributed by atoms with van der Waals surface area (Å²) < 4.78 is 0. The van der Waals surface area contributed by atoms with Crippen LogP contribution in [-0.4, -0.2) is 101 Å². The Morgan fingerprint density at radius 3 is 1.45 bits per heavy atom. The Morgan fingerprint density at radius 2 is 1.23 bits per heavy atom. The molecule has 5 atom stereocenters. The highest BCUT2D eigenvalue weighted by molar-refractivity contribution is 5.79. The normalized spacial score (nSPS) is 17.2. The maximum atomic E-state index is 10.1. The summed E-state index contributed by atoms with van der Waals surface area (Å²) in [5.74, 6) is -4.57. The summed E-state index contributed by atoms with van der Waals surface area (Å²) in [6.07, 6.45) is -10.4. The van der Waals surface area contributed by atoms with Gasteiger partial charge in [-0.25, -0.2) is 9.59 Å². The van der Waals surface area contributed by atoms with E-state index in [1.54, 1.807) is 0 Å². The van der Waals surface area contributed by atoms with Crippen LogP contribution in [0.3, 0.4) is 0 Å². The first kappa shape index (κ1) is 22.5. The highest BCUT2D eigenvalue weighted by Crippen LogP contribution is 2.04. The van der Waals surface area contributed by atoms with Gasteiger partial charge in [0.05, 0.1) is 13.0 Å². The van der Waals surface area contributed by atoms with Crippen molar-refractivity contribution in [3.8, 4) is 0 Å². The van der Waals surface area contributed by atoms with Gasteiger partial charge in [0.25, 0.3) is 0 Å². The lowest BCUT2D eigenvalue weighted by molar-refractivity contribution is -0.164. The SMILES string of the molecule is O=C(O)C(O)C(O)C(O)C(O)CO.O=C(O)CC(O)C(=O)O. The fraction of sp³-hybridized carbons (Fsp3) is 0.700. The van der Waals surface area contributed by atoms with E-state index in [1.807, 2.05) is 0 Å². The van der Waals surface area contributed by atoms with Crippen molar-refractivity contribution in [1.82, 2.24) is 0 Å². The van der Waals surface area contributed by atoms with Gasteiger partial charge in [-0.2, -0.15) is 0 Å². The Bertz CT molecular complexity index is 369. The van der Waals surface area contributed by atoms with Gasteiger partial charge in [0.1, 0.15) is 18.3 Å². The van der Waals surface area contributed by atoms with Crippen molar-refractivity contribution in [2.45, 2.75) is 36.9 Å². The van der Waals surface area contributed by atoms with Gasteiger partial charge < -0.3 is 46.0 Å². The zero-order valence-electron chi connectivity index (χ0n) is 11.1. The van der Waals surface area contributed by atoms with E-state index in [-0.39, 0.29) is 0 Å². The predicted molar refractivity (Wildman–Crippen MR) is 64.6 cm³/mol. The van der Waals surface area contributed by atoms with Crippen LogP contribution >= 0.6 is 0 Å². The second kappa shape index (κ2) is 10.8. The van der Waals surface area contributed by atoms with E-state index in [2.05, 4.69) is 0 Å². The van der Waals surface area contributed by atoms with Crippen LogP contribution in [0, 0.1) is 0 Å². The van der Waals surface area contributed by atoms with Crippen molar-refractivity contribution >= 4 is 17.9 Å². The second-order valence-electron chi connectivity index (χ2n) is 3.97. The summed E-state index contributed by atoms with van der Waals surface area (Å²) in [4.78, 5) is 29.5. The van der Waals surface area contributed by atoms with Crippen LogP contribution in [0.15, 0.2) is 0 Å². The van der Waals surface area contributed by atoms with Gasteiger partial charge in [-0.1, -0.05) is 0 Å². The molecule has 0 aromatic heterocycles. The number of aliphatic carboxylic acids is 3.